The van der Waals surface area contributed by atoms with Crippen LogP contribution in [0.3, 0.4) is 0 Å². The van der Waals surface area contributed by atoms with Crippen LogP contribution in [0.5, 0.6) is 0 Å². The van der Waals surface area contributed by atoms with Crippen molar-refractivity contribution in [3.8, 4) is 11.5 Å². The van der Waals surface area contributed by atoms with Gasteiger partial charge >= 0.3 is 0 Å². The summed E-state index contributed by atoms with van der Waals surface area (Å²) in [5.74, 6) is 1.73. The van der Waals surface area contributed by atoms with E-state index in [-0.39, 0.29) is 0 Å². The minimum Gasteiger partial charge on any atom is -0.460 e. The zero-order valence-electron chi connectivity index (χ0n) is 10.8. The number of aromatic nitrogens is 2. The average Bonchev–Trinajstić information content (AvgIpc) is 2.97. The highest BCUT2D eigenvalue weighted by Gasteiger charge is 2.10. The molecule has 0 amide bonds. The SMILES string of the molecule is COCCCNCc1cn[nH]c1-c1ccc(C)o1. The van der Waals surface area contributed by atoms with Crippen LogP contribution in [-0.4, -0.2) is 30.5 Å². The van der Waals surface area contributed by atoms with Crippen molar-refractivity contribution in [3.63, 3.8) is 0 Å². The lowest BCUT2D eigenvalue weighted by Crippen LogP contribution is -2.16. The first-order valence-corrected chi connectivity index (χ1v) is 6.10. The molecule has 0 saturated heterocycles. The summed E-state index contributed by atoms with van der Waals surface area (Å²) >= 11 is 0. The van der Waals surface area contributed by atoms with Gasteiger partial charge in [-0.25, -0.2) is 0 Å². The van der Waals surface area contributed by atoms with Gasteiger partial charge in [0.1, 0.15) is 11.5 Å². The highest BCUT2D eigenvalue weighted by Crippen LogP contribution is 2.23. The third-order valence-corrected chi connectivity index (χ3v) is 2.72. The van der Waals surface area contributed by atoms with Crippen LogP contribution in [0.4, 0.5) is 0 Å². The second-order valence-corrected chi connectivity index (χ2v) is 4.20. The van der Waals surface area contributed by atoms with Crippen molar-refractivity contribution in [2.45, 2.75) is 19.9 Å². The van der Waals surface area contributed by atoms with Gasteiger partial charge in [0, 0.05) is 25.8 Å². The summed E-state index contributed by atoms with van der Waals surface area (Å²) in [7, 11) is 1.72. The average molecular weight is 249 g/mol. The Morgan fingerprint density at radius 3 is 3.06 bits per heavy atom. The van der Waals surface area contributed by atoms with Gasteiger partial charge in [-0.2, -0.15) is 5.10 Å². The largest absolute Gasteiger partial charge is 0.460 e. The quantitative estimate of drug-likeness (QED) is 0.738. The van der Waals surface area contributed by atoms with Crippen molar-refractivity contribution < 1.29 is 9.15 Å². The molecule has 0 saturated carbocycles. The van der Waals surface area contributed by atoms with E-state index in [1.807, 2.05) is 25.3 Å². The van der Waals surface area contributed by atoms with Gasteiger partial charge in [-0.15, -0.1) is 0 Å². The van der Waals surface area contributed by atoms with Crippen LogP contribution in [0.15, 0.2) is 22.7 Å². The van der Waals surface area contributed by atoms with Crippen LogP contribution in [0, 0.1) is 6.92 Å². The van der Waals surface area contributed by atoms with Gasteiger partial charge in [0.15, 0.2) is 5.76 Å². The summed E-state index contributed by atoms with van der Waals surface area (Å²) in [6.45, 7) is 4.41. The summed E-state index contributed by atoms with van der Waals surface area (Å²) in [5, 5.41) is 10.4. The van der Waals surface area contributed by atoms with Crippen molar-refractivity contribution in [3.05, 3.63) is 29.7 Å². The molecule has 0 aliphatic rings. The van der Waals surface area contributed by atoms with Gasteiger partial charge in [0.25, 0.3) is 0 Å². The van der Waals surface area contributed by atoms with Crippen LogP contribution in [0.2, 0.25) is 0 Å². The molecule has 0 aliphatic carbocycles. The number of aromatic amines is 1. The fraction of sp³-hybridized carbons (Fsp3) is 0.462. The maximum Gasteiger partial charge on any atom is 0.152 e. The van der Waals surface area contributed by atoms with Crippen molar-refractivity contribution >= 4 is 0 Å². The Morgan fingerprint density at radius 1 is 1.44 bits per heavy atom. The maximum atomic E-state index is 5.59. The first-order chi connectivity index (χ1) is 8.81. The number of ether oxygens (including phenoxy) is 1. The molecule has 2 N–H and O–H groups in total. The zero-order chi connectivity index (χ0) is 12.8. The van der Waals surface area contributed by atoms with Gasteiger partial charge in [0.2, 0.25) is 0 Å². The third kappa shape index (κ3) is 3.21. The topological polar surface area (TPSA) is 63.1 Å². The van der Waals surface area contributed by atoms with E-state index < -0.39 is 0 Å². The fourth-order valence-corrected chi connectivity index (χ4v) is 1.79. The number of hydrogen-bond acceptors (Lipinski definition) is 4. The molecule has 18 heavy (non-hydrogen) atoms. The van der Waals surface area contributed by atoms with E-state index in [2.05, 4.69) is 15.5 Å². The minimum atomic E-state index is 0.773. The van der Waals surface area contributed by atoms with Gasteiger partial charge in [-0.3, -0.25) is 5.10 Å². The molecule has 5 nitrogen and oxygen atoms in total. The van der Waals surface area contributed by atoms with Crippen LogP contribution in [0.1, 0.15) is 17.7 Å². The molecule has 0 aromatic carbocycles. The second-order valence-electron chi connectivity index (χ2n) is 4.20. The Hall–Kier alpha value is -1.59. The number of hydrogen-bond donors (Lipinski definition) is 2. The van der Waals surface area contributed by atoms with E-state index in [0.29, 0.717) is 0 Å². The molecule has 2 aromatic rings. The summed E-state index contributed by atoms with van der Waals surface area (Å²) in [4.78, 5) is 0. The van der Waals surface area contributed by atoms with Gasteiger partial charge in [0.05, 0.1) is 6.20 Å². The standard InChI is InChI=1S/C13H19N3O2/c1-10-4-5-12(18-10)13-11(9-15-16-13)8-14-6-3-7-17-2/h4-5,9,14H,3,6-8H2,1-2H3,(H,15,16). The van der Waals surface area contributed by atoms with E-state index in [1.54, 1.807) is 7.11 Å². The van der Waals surface area contributed by atoms with Crippen LogP contribution < -0.4 is 5.32 Å². The van der Waals surface area contributed by atoms with Crippen LogP contribution >= 0.6 is 0 Å². The lowest BCUT2D eigenvalue weighted by molar-refractivity contribution is 0.194. The molecule has 0 radical (unpaired) electrons. The number of nitrogens with one attached hydrogen (secondary N) is 2. The molecule has 2 aromatic heterocycles. The first kappa shape index (κ1) is 12.9. The van der Waals surface area contributed by atoms with Gasteiger partial charge in [-0.05, 0) is 32.0 Å². The first-order valence-electron chi connectivity index (χ1n) is 6.10. The molecule has 2 rings (SSSR count). The number of aryl methyl sites for hydroxylation is 1. The van der Waals surface area contributed by atoms with Crippen molar-refractivity contribution in [2.75, 3.05) is 20.3 Å². The lowest BCUT2D eigenvalue weighted by Gasteiger charge is -2.04. The molecular formula is C13H19N3O2. The van der Waals surface area contributed by atoms with Crippen LogP contribution in [-0.2, 0) is 11.3 Å². The summed E-state index contributed by atoms with van der Waals surface area (Å²) in [5.41, 5.74) is 2.06. The zero-order valence-corrected chi connectivity index (χ0v) is 10.8. The fourth-order valence-electron chi connectivity index (χ4n) is 1.79. The molecule has 0 spiro atoms. The van der Waals surface area contributed by atoms with Gasteiger partial charge < -0.3 is 14.5 Å². The predicted molar refractivity (Wildman–Crippen MR) is 69.2 cm³/mol. The van der Waals surface area contributed by atoms with E-state index >= 15 is 0 Å². The second kappa shape index (κ2) is 6.37. The van der Waals surface area contributed by atoms with E-state index in [4.69, 9.17) is 9.15 Å². The summed E-state index contributed by atoms with van der Waals surface area (Å²) in [6.07, 6.45) is 2.83. The molecular weight excluding hydrogens is 230 g/mol. The normalized spacial score (nSPS) is 11.0. The molecule has 98 valence electrons. The predicted octanol–water partition coefficient (Wildman–Crippen LogP) is 2.10. The van der Waals surface area contributed by atoms with Crippen LogP contribution in [0.25, 0.3) is 11.5 Å². The molecule has 0 aliphatic heterocycles. The minimum absolute atomic E-state index is 0.773. The molecule has 2 heterocycles. The molecule has 0 atom stereocenters. The van der Waals surface area contributed by atoms with E-state index in [1.165, 1.54) is 0 Å². The Morgan fingerprint density at radius 2 is 2.33 bits per heavy atom. The summed E-state index contributed by atoms with van der Waals surface area (Å²) < 4.78 is 10.6. The smallest absolute Gasteiger partial charge is 0.152 e. The highest BCUT2D eigenvalue weighted by atomic mass is 16.5. The Bertz CT molecular complexity index is 476. The van der Waals surface area contributed by atoms with Crippen molar-refractivity contribution in [1.29, 1.82) is 0 Å². The van der Waals surface area contributed by atoms with E-state index in [0.717, 1.165) is 48.9 Å². The molecule has 0 fully saturated rings. The molecule has 0 unspecified atom stereocenters. The van der Waals surface area contributed by atoms with Crippen molar-refractivity contribution in [2.24, 2.45) is 0 Å². The Balaban J connectivity index is 1.92. The monoisotopic (exact) mass is 249 g/mol. The van der Waals surface area contributed by atoms with Gasteiger partial charge in [-0.1, -0.05) is 0 Å². The van der Waals surface area contributed by atoms with Crippen molar-refractivity contribution in [1.82, 2.24) is 15.5 Å². The number of rotatable bonds is 7. The maximum absolute atomic E-state index is 5.59. The molecule has 5 heteroatoms. The molecule has 0 bridgehead atoms. The Labute approximate surface area is 107 Å². The third-order valence-electron chi connectivity index (χ3n) is 2.72. The number of H-pyrrole nitrogens is 1. The number of nitrogens with zero attached hydrogens (tertiary/aromatic N) is 1. The van der Waals surface area contributed by atoms with E-state index in [9.17, 15) is 0 Å². The number of methoxy groups -OCH3 is 1. The lowest BCUT2D eigenvalue weighted by atomic mass is 10.2. The summed E-state index contributed by atoms with van der Waals surface area (Å²) in [6, 6.07) is 3.91. The number of furan rings is 1. The highest BCUT2D eigenvalue weighted by molar-refractivity contribution is 5.56. The Kier molecular flexibility index (Phi) is 4.55.